The second kappa shape index (κ2) is 6.55. The SMILES string of the molecule is CCN(Cc1ccc(CN)cc1Cl)C1CCCC1. The van der Waals surface area contributed by atoms with Gasteiger partial charge in [0.1, 0.15) is 0 Å². The minimum Gasteiger partial charge on any atom is -0.326 e. The van der Waals surface area contributed by atoms with Gasteiger partial charge < -0.3 is 5.73 Å². The zero-order chi connectivity index (χ0) is 13.0. The van der Waals surface area contributed by atoms with Gasteiger partial charge in [-0.2, -0.15) is 0 Å². The Labute approximate surface area is 115 Å². The van der Waals surface area contributed by atoms with Crippen LogP contribution in [0.1, 0.15) is 43.7 Å². The summed E-state index contributed by atoms with van der Waals surface area (Å²) in [6.07, 6.45) is 5.43. The lowest BCUT2D eigenvalue weighted by molar-refractivity contribution is 0.200. The van der Waals surface area contributed by atoms with Crippen molar-refractivity contribution in [2.75, 3.05) is 6.54 Å². The van der Waals surface area contributed by atoms with Crippen molar-refractivity contribution in [3.8, 4) is 0 Å². The van der Waals surface area contributed by atoms with E-state index >= 15 is 0 Å². The van der Waals surface area contributed by atoms with E-state index in [0.717, 1.165) is 29.7 Å². The predicted molar refractivity (Wildman–Crippen MR) is 77.7 cm³/mol. The summed E-state index contributed by atoms with van der Waals surface area (Å²) < 4.78 is 0. The zero-order valence-electron chi connectivity index (χ0n) is 11.2. The fourth-order valence-electron chi connectivity index (χ4n) is 2.83. The third kappa shape index (κ3) is 3.25. The lowest BCUT2D eigenvalue weighted by Crippen LogP contribution is -2.32. The van der Waals surface area contributed by atoms with Gasteiger partial charge in [-0.25, -0.2) is 0 Å². The van der Waals surface area contributed by atoms with Crippen LogP contribution in [-0.2, 0) is 13.1 Å². The Morgan fingerprint density at radius 2 is 2.06 bits per heavy atom. The molecule has 0 amide bonds. The Balaban J connectivity index is 2.06. The maximum absolute atomic E-state index is 6.33. The van der Waals surface area contributed by atoms with E-state index < -0.39 is 0 Å². The molecule has 1 aliphatic carbocycles. The van der Waals surface area contributed by atoms with E-state index in [4.69, 9.17) is 17.3 Å². The van der Waals surface area contributed by atoms with Crippen molar-refractivity contribution >= 4 is 11.6 Å². The molecule has 0 aliphatic heterocycles. The van der Waals surface area contributed by atoms with Crippen molar-refractivity contribution in [2.24, 2.45) is 5.73 Å². The molecule has 18 heavy (non-hydrogen) atoms. The summed E-state index contributed by atoms with van der Waals surface area (Å²) in [6, 6.07) is 6.96. The highest BCUT2D eigenvalue weighted by atomic mass is 35.5. The fraction of sp³-hybridized carbons (Fsp3) is 0.600. The molecule has 2 nitrogen and oxygen atoms in total. The average molecular weight is 267 g/mol. The molecule has 1 aliphatic rings. The second-order valence-corrected chi connectivity index (χ2v) is 5.54. The van der Waals surface area contributed by atoms with Gasteiger partial charge in [0.05, 0.1) is 0 Å². The predicted octanol–water partition coefficient (Wildman–Crippen LogP) is 3.56. The molecule has 1 aromatic carbocycles. The van der Waals surface area contributed by atoms with Crippen LogP contribution in [0.4, 0.5) is 0 Å². The molecule has 3 heteroatoms. The van der Waals surface area contributed by atoms with Crippen molar-refractivity contribution in [3.63, 3.8) is 0 Å². The molecule has 2 N–H and O–H groups in total. The minimum absolute atomic E-state index is 0.556. The van der Waals surface area contributed by atoms with Crippen LogP contribution in [0, 0.1) is 0 Å². The maximum atomic E-state index is 6.33. The quantitative estimate of drug-likeness (QED) is 0.883. The lowest BCUT2D eigenvalue weighted by atomic mass is 10.1. The highest BCUT2D eigenvalue weighted by molar-refractivity contribution is 6.31. The van der Waals surface area contributed by atoms with Gasteiger partial charge in [-0.15, -0.1) is 0 Å². The Morgan fingerprint density at radius 1 is 1.33 bits per heavy atom. The summed E-state index contributed by atoms with van der Waals surface area (Å²) in [4.78, 5) is 2.55. The number of benzene rings is 1. The summed E-state index contributed by atoms with van der Waals surface area (Å²) >= 11 is 6.33. The van der Waals surface area contributed by atoms with Crippen LogP contribution in [0.25, 0.3) is 0 Å². The van der Waals surface area contributed by atoms with Crippen LogP contribution >= 0.6 is 11.6 Å². The Bertz CT molecular complexity index is 386. The fourth-order valence-corrected chi connectivity index (χ4v) is 3.10. The van der Waals surface area contributed by atoms with Gasteiger partial charge in [0.15, 0.2) is 0 Å². The third-order valence-electron chi connectivity index (χ3n) is 3.97. The number of hydrogen-bond donors (Lipinski definition) is 1. The Hall–Kier alpha value is -0.570. The van der Waals surface area contributed by atoms with Gasteiger partial charge in [-0.3, -0.25) is 4.90 Å². The molecule has 0 spiro atoms. The first kappa shape index (κ1) is 13.9. The zero-order valence-corrected chi connectivity index (χ0v) is 11.9. The van der Waals surface area contributed by atoms with E-state index in [9.17, 15) is 0 Å². The first-order valence-corrected chi connectivity index (χ1v) is 7.33. The normalized spacial score (nSPS) is 16.7. The number of rotatable bonds is 5. The van der Waals surface area contributed by atoms with E-state index in [1.54, 1.807) is 0 Å². The van der Waals surface area contributed by atoms with Gasteiger partial charge in [0.25, 0.3) is 0 Å². The lowest BCUT2D eigenvalue weighted by Gasteiger charge is -2.27. The van der Waals surface area contributed by atoms with Crippen molar-refractivity contribution in [3.05, 3.63) is 34.3 Å². The van der Waals surface area contributed by atoms with Gasteiger partial charge in [0, 0.05) is 24.2 Å². The molecule has 1 aromatic rings. The van der Waals surface area contributed by atoms with Crippen LogP contribution in [0.15, 0.2) is 18.2 Å². The Morgan fingerprint density at radius 3 is 2.61 bits per heavy atom. The highest BCUT2D eigenvalue weighted by Gasteiger charge is 2.21. The summed E-state index contributed by atoms with van der Waals surface area (Å²) in [7, 11) is 0. The summed E-state index contributed by atoms with van der Waals surface area (Å²) in [5.74, 6) is 0. The van der Waals surface area contributed by atoms with Crippen molar-refractivity contribution in [1.29, 1.82) is 0 Å². The smallest absolute Gasteiger partial charge is 0.0454 e. The number of halogens is 1. The molecule has 0 aromatic heterocycles. The van der Waals surface area contributed by atoms with E-state index in [2.05, 4.69) is 24.0 Å². The van der Waals surface area contributed by atoms with Gasteiger partial charge in [-0.1, -0.05) is 43.5 Å². The molecule has 2 rings (SSSR count). The average Bonchev–Trinajstić information content (AvgIpc) is 2.91. The van der Waals surface area contributed by atoms with Crippen LogP contribution in [0.5, 0.6) is 0 Å². The molecule has 0 saturated heterocycles. The number of nitrogens with zero attached hydrogens (tertiary/aromatic N) is 1. The summed E-state index contributed by atoms with van der Waals surface area (Å²) in [5, 5.41) is 0.856. The van der Waals surface area contributed by atoms with Gasteiger partial charge in [-0.05, 0) is 36.6 Å². The maximum Gasteiger partial charge on any atom is 0.0454 e. The molecule has 1 fully saturated rings. The van der Waals surface area contributed by atoms with E-state index in [1.165, 1.54) is 31.2 Å². The van der Waals surface area contributed by atoms with Crippen LogP contribution < -0.4 is 5.73 Å². The molecular formula is C15H23ClN2. The standard InChI is InChI=1S/C15H23ClN2/c1-2-18(14-5-3-4-6-14)11-13-8-7-12(10-17)9-15(13)16/h7-9,14H,2-6,10-11,17H2,1H3. The number of nitrogens with two attached hydrogens (primary N) is 1. The molecule has 0 bridgehead atoms. The molecule has 1 saturated carbocycles. The van der Waals surface area contributed by atoms with E-state index in [-0.39, 0.29) is 0 Å². The Kier molecular flexibility index (Phi) is 5.04. The molecule has 0 heterocycles. The van der Waals surface area contributed by atoms with Gasteiger partial charge in [0.2, 0.25) is 0 Å². The molecule has 0 unspecified atom stereocenters. The first-order valence-electron chi connectivity index (χ1n) is 6.96. The first-order chi connectivity index (χ1) is 8.74. The molecular weight excluding hydrogens is 244 g/mol. The van der Waals surface area contributed by atoms with Crippen molar-refractivity contribution in [1.82, 2.24) is 4.90 Å². The van der Waals surface area contributed by atoms with Crippen LogP contribution in [0.3, 0.4) is 0 Å². The van der Waals surface area contributed by atoms with Crippen molar-refractivity contribution < 1.29 is 0 Å². The minimum atomic E-state index is 0.556. The van der Waals surface area contributed by atoms with Crippen LogP contribution in [-0.4, -0.2) is 17.5 Å². The largest absolute Gasteiger partial charge is 0.326 e. The van der Waals surface area contributed by atoms with Gasteiger partial charge >= 0.3 is 0 Å². The highest BCUT2D eigenvalue weighted by Crippen LogP contribution is 2.26. The summed E-state index contributed by atoms with van der Waals surface area (Å²) in [5.41, 5.74) is 7.96. The van der Waals surface area contributed by atoms with E-state index in [1.807, 2.05) is 6.07 Å². The molecule has 0 radical (unpaired) electrons. The summed E-state index contributed by atoms with van der Waals surface area (Å²) in [6.45, 7) is 4.85. The van der Waals surface area contributed by atoms with E-state index in [0.29, 0.717) is 6.54 Å². The third-order valence-corrected chi connectivity index (χ3v) is 4.33. The van der Waals surface area contributed by atoms with Crippen molar-refractivity contribution in [2.45, 2.75) is 51.7 Å². The molecule has 0 atom stereocenters. The van der Waals surface area contributed by atoms with Crippen LogP contribution in [0.2, 0.25) is 5.02 Å². The number of hydrogen-bond acceptors (Lipinski definition) is 2. The second-order valence-electron chi connectivity index (χ2n) is 5.13. The molecule has 100 valence electrons. The monoisotopic (exact) mass is 266 g/mol. The topological polar surface area (TPSA) is 29.3 Å².